The molecule has 0 amide bonds. The number of likely N-dealkylation sites (N-methyl/N-ethyl adjacent to an activating group) is 1. The molecule has 1 fully saturated rings. The van der Waals surface area contributed by atoms with Crippen LogP contribution in [0.25, 0.3) is 0 Å². The highest BCUT2D eigenvalue weighted by atomic mass is 16.5. The van der Waals surface area contributed by atoms with Crippen LogP contribution in [0.5, 0.6) is 0 Å². The van der Waals surface area contributed by atoms with E-state index in [9.17, 15) is 0 Å². The maximum Gasteiger partial charge on any atom is 0.232 e. The zero-order valence-corrected chi connectivity index (χ0v) is 12.8. The zero-order chi connectivity index (χ0) is 14.5. The SMILES string of the molecule is CNc1nc(N2CCCC2)nc(N(C)C(C)COC)n1. The van der Waals surface area contributed by atoms with Gasteiger partial charge in [0.25, 0.3) is 0 Å². The normalized spacial score (nSPS) is 16.3. The molecule has 0 bridgehead atoms. The highest BCUT2D eigenvalue weighted by Crippen LogP contribution is 2.20. The van der Waals surface area contributed by atoms with Crippen LogP contribution in [-0.4, -0.2) is 61.9 Å². The molecule has 0 aromatic carbocycles. The largest absolute Gasteiger partial charge is 0.383 e. The van der Waals surface area contributed by atoms with Crippen molar-refractivity contribution in [1.82, 2.24) is 15.0 Å². The second-order valence-corrected chi connectivity index (χ2v) is 5.12. The van der Waals surface area contributed by atoms with Gasteiger partial charge in [-0.15, -0.1) is 0 Å². The Morgan fingerprint density at radius 1 is 1.30 bits per heavy atom. The van der Waals surface area contributed by atoms with Crippen molar-refractivity contribution < 1.29 is 4.74 Å². The summed E-state index contributed by atoms with van der Waals surface area (Å²) in [5.41, 5.74) is 0. The van der Waals surface area contributed by atoms with E-state index in [1.54, 1.807) is 7.11 Å². The molecule has 1 unspecified atom stereocenters. The van der Waals surface area contributed by atoms with E-state index in [0.717, 1.165) is 19.0 Å². The molecule has 1 N–H and O–H groups in total. The Morgan fingerprint density at radius 2 is 2.00 bits per heavy atom. The predicted molar refractivity (Wildman–Crippen MR) is 80.6 cm³/mol. The molecule has 1 aromatic rings. The van der Waals surface area contributed by atoms with Crippen LogP contribution in [0, 0.1) is 0 Å². The molecule has 1 aliphatic heterocycles. The Kier molecular flexibility index (Phi) is 4.94. The molecule has 112 valence electrons. The van der Waals surface area contributed by atoms with Crippen LogP contribution in [0.1, 0.15) is 19.8 Å². The number of ether oxygens (including phenoxy) is 1. The lowest BCUT2D eigenvalue weighted by Gasteiger charge is -2.25. The van der Waals surface area contributed by atoms with Gasteiger partial charge < -0.3 is 19.9 Å². The number of aromatic nitrogens is 3. The fourth-order valence-corrected chi connectivity index (χ4v) is 2.23. The molecule has 2 heterocycles. The van der Waals surface area contributed by atoms with Gasteiger partial charge in [-0.3, -0.25) is 0 Å². The van der Waals surface area contributed by atoms with E-state index in [1.807, 2.05) is 19.0 Å². The lowest BCUT2D eigenvalue weighted by molar-refractivity contribution is 0.183. The monoisotopic (exact) mass is 280 g/mol. The molecule has 1 saturated heterocycles. The number of anilines is 3. The second-order valence-electron chi connectivity index (χ2n) is 5.12. The zero-order valence-electron chi connectivity index (χ0n) is 12.8. The lowest BCUT2D eigenvalue weighted by Crippen LogP contribution is -2.34. The Morgan fingerprint density at radius 3 is 2.60 bits per heavy atom. The Balaban J connectivity index is 2.25. The molecule has 20 heavy (non-hydrogen) atoms. The van der Waals surface area contributed by atoms with Gasteiger partial charge in [-0.05, 0) is 19.8 Å². The van der Waals surface area contributed by atoms with Crippen LogP contribution in [0.3, 0.4) is 0 Å². The smallest absolute Gasteiger partial charge is 0.232 e. The van der Waals surface area contributed by atoms with Gasteiger partial charge in [0.15, 0.2) is 0 Å². The highest BCUT2D eigenvalue weighted by molar-refractivity contribution is 5.45. The first kappa shape index (κ1) is 14.8. The van der Waals surface area contributed by atoms with Crippen molar-refractivity contribution in [1.29, 1.82) is 0 Å². The minimum absolute atomic E-state index is 0.207. The fraction of sp³-hybridized carbons (Fsp3) is 0.769. The third-order valence-electron chi connectivity index (χ3n) is 3.61. The van der Waals surface area contributed by atoms with Crippen LogP contribution >= 0.6 is 0 Å². The summed E-state index contributed by atoms with van der Waals surface area (Å²) in [7, 11) is 5.50. The van der Waals surface area contributed by atoms with E-state index < -0.39 is 0 Å². The summed E-state index contributed by atoms with van der Waals surface area (Å²) in [6.45, 7) is 4.76. The minimum Gasteiger partial charge on any atom is -0.383 e. The summed E-state index contributed by atoms with van der Waals surface area (Å²) >= 11 is 0. The van der Waals surface area contributed by atoms with Crippen LogP contribution in [-0.2, 0) is 4.74 Å². The van der Waals surface area contributed by atoms with E-state index in [1.165, 1.54) is 12.8 Å². The molecule has 0 aliphatic carbocycles. The highest BCUT2D eigenvalue weighted by Gasteiger charge is 2.20. The molecule has 0 saturated carbocycles. The van der Waals surface area contributed by atoms with Crippen molar-refractivity contribution in [2.45, 2.75) is 25.8 Å². The number of hydrogen-bond acceptors (Lipinski definition) is 7. The fourth-order valence-electron chi connectivity index (χ4n) is 2.23. The predicted octanol–water partition coefficient (Wildman–Crippen LogP) is 0.985. The molecule has 7 nitrogen and oxygen atoms in total. The van der Waals surface area contributed by atoms with E-state index >= 15 is 0 Å². The van der Waals surface area contributed by atoms with Crippen LogP contribution in [0.4, 0.5) is 17.8 Å². The molecule has 0 radical (unpaired) electrons. The van der Waals surface area contributed by atoms with Crippen molar-refractivity contribution >= 4 is 17.8 Å². The second kappa shape index (κ2) is 6.69. The average molecular weight is 280 g/mol. The molecule has 0 spiro atoms. The molecule has 1 atom stereocenters. The van der Waals surface area contributed by atoms with Gasteiger partial charge in [-0.1, -0.05) is 0 Å². The lowest BCUT2D eigenvalue weighted by atomic mass is 10.3. The standard InChI is InChI=1S/C13H24N6O/c1-10(9-20-4)18(3)12-15-11(14-2)16-13(17-12)19-7-5-6-8-19/h10H,5-9H2,1-4H3,(H,14,15,16,17). The van der Waals surface area contributed by atoms with Crippen LogP contribution in [0.15, 0.2) is 0 Å². The third-order valence-corrected chi connectivity index (χ3v) is 3.61. The Hall–Kier alpha value is -1.63. The first-order valence-electron chi connectivity index (χ1n) is 7.06. The number of hydrogen-bond donors (Lipinski definition) is 1. The van der Waals surface area contributed by atoms with Gasteiger partial charge in [-0.25, -0.2) is 0 Å². The summed E-state index contributed by atoms with van der Waals surface area (Å²) in [4.78, 5) is 17.7. The van der Waals surface area contributed by atoms with Gasteiger partial charge in [0, 0.05) is 34.3 Å². The number of nitrogens with one attached hydrogen (secondary N) is 1. The summed E-state index contributed by atoms with van der Waals surface area (Å²) in [6, 6.07) is 0.207. The minimum atomic E-state index is 0.207. The van der Waals surface area contributed by atoms with Crippen LogP contribution < -0.4 is 15.1 Å². The van der Waals surface area contributed by atoms with Gasteiger partial charge >= 0.3 is 0 Å². The molecular weight excluding hydrogens is 256 g/mol. The molecular formula is C13H24N6O. The maximum absolute atomic E-state index is 5.19. The number of rotatable bonds is 6. The van der Waals surface area contributed by atoms with Crippen molar-refractivity contribution in [3.8, 4) is 0 Å². The van der Waals surface area contributed by atoms with Crippen LogP contribution in [0.2, 0.25) is 0 Å². The first-order chi connectivity index (χ1) is 9.65. The average Bonchev–Trinajstić information content (AvgIpc) is 3.00. The Labute approximate surface area is 120 Å². The van der Waals surface area contributed by atoms with Crippen molar-refractivity contribution in [2.75, 3.05) is 56.0 Å². The summed E-state index contributed by atoms with van der Waals surface area (Å²) in [5, 5.41) is 3.01. The van der Waals surface area contributed by atoms with Crippen molar-refractivity contribution in [2.24, 2.45) is 0 Å². The summed E-state index contributed by atoms with van der Waals surface area (Å²) < 4.78 is 5.19. The Bertz CT molecular complexity index is 435. The summed E-state index contributed by atoms with van der Waals surface area (Å²) in [6.07, 6.45) is 2.40. The molecule has 7 heteroatoms. The number of nitrogens with zero attached hydrogens (tertiary/aromatic N) is 5. The topological polar surface area (TPSA) is 66.4 Å². The number of methoxy groups -OCH3 is 1. The van der Waals surface area contributed by atoms with Crippen molar-refractivity contribution in [3.63, 3.8) is 0 Å². The van der Waals surface area contributed by atoms with Gasteiger partial charge in [0.05, 0.1) is 12.6 Å². The summed E-state index contributed by atoms with van der Waals surface area (Å²) in [5.74, 6) is 2.04. The molecule has 2 rings (SSSR count). The maximum atomic E-state index is 5.19. The quantitative estimate of drug-likeness (QED) is 0.833. The van der Waals surface area contributed by atoms with Gasteiger partial charge in [-0.2, -0.15) is 15.0 Å². The molecule has 1 aromatic heterocycles. The van der Waals surface area contributed by atoms with E-state index in [0.29, 0.717) is 18.5 Å². The van der Waals surface area contributed by atoms with Gasteiger partial charge in [0.1, 0.15) is 0 Å². The molecule has 1 aliphatic rings. The van der Waals surface area contributed by atoms with Gasteiger partial charge in [0.2, 0.25) is 17.8 Å². The third kappa shape index (κ3) is 3.27. The van der Waals surface area contributed by atoms with E-state index in [2.05, 4.69) is 32.1 Å². The van der Waals surface area contributed by atoms with Crippen molar-refractivity contribution in [3.05, 3.63) is 0 Å². The van der Waals surface area contributed by atoms with E-state index in [4.69, 9.17) is 4.74 Å². The first-order valence-corrected chi connectivity index (χ1v) is 7.06. The van der Waals surface area contributed by atoms with E-state index in [-0.39, 0.29) is 6.04 Å².